The largest absolute Gasteiger partial charge is 0.493 e. The second-order valence-electron chi connectivity index (χ2n) is 5.08. The number of amides is 2. The number of carbonyl (C=O) groups excluding carboxylic acids is 1. The van der Waals surface area contributed by atoms with Gasteiger partial charge in [0.1, 0.15) is 0 Å². The molecule has 0 fully saturated rings. The van der Waals surface area contributed by atoms with Gasteiger partial charge in [-0.25, -0.2) is 4.79 Å². The molecule has 0 saturated heterocycles. The average Bonchev–Trinajstić information content (AvgIpc) is 2.62. The monoisotopic (exact) mass is 326 g/mol. The highest BCUT2D eigenvalue weighted by Gasteiger charge is 2.05. The molecule has 0 radical (unpaired) electrons. The lowest BCUT2D eigenvalue weighted by Gasteiger charge is -2.10. The molecule has 0 saturated carbocycles. The van der Waals surface area contributed by atoms with Crippen LogP contribution >= 0.6 is 0 Å². The molecule has 2 amide bonds. The van der Waals surface area contributed by atoms with Crippen molar-refractivity contribution in [2.24, 2.45) is 0 Å². The summed E-state index contributed by atoms with van der Waals surface area (Å²) in [5.41, 5.74) is 2.09. The maximum Gasteiger partial charge on any atom is 0.318 e. The molecule has 2 aromatic rings. The second-order valence-corrected chi connectivity index (χ2v) is 5.08. The third kappa shape index (κ3) is 5.35. The van der Waals surface area contributed by atoms with Crippen molar-refractivity contribution in [2.75, 3.05) is 20.8 Å². The average molecular weight is 326 g/mol. The fourth-order valence-electron chi connectivity index (χ4n) is 2.19. The summed E-state index contributed by atoms with van der Waals surface area (Å²) in [6, 6.07) is 15.3. The lowest BCUT2D eigenvalue weighted by Crippen LogP contribution is -2.33. The normalized spacial score (nSPS) is 10.4. The summed E-state index contributed by atoms with van der Waals surface area (Å²) in [5.74, 6) is 1.38. The van der Waals surface area contributed by atoms with E-state index in [-0.39, 0.29) is 6.03 Å². The molecular formula is C19H22N2O3. The van der Waals surface area contributed by atoms with Crippen molar-refractivity contribution in [3.05, 3.63) is 65.9 Å². The Hall–Kier alpha value is -2.95. The van der Waals surface area contributed by atoms with Crippen LogP contribution in [0.5, 0.6) is 11.5 Å². The first-order valence-electron chi connectivity index (χ1n) is 7.70. The third-order valence-corrected chi connectivity index (χ3v) is 3.44. The summed E-state index contributed by atoms with van der Waals surface area (Å²) in [6.45, 7) is 0.528. The molecule has 0 spiro atoms. The van der Waals surface area contributed by atoms with Crippen LogP contribution in [0.1, 0.15) is 11.1 Å². The number of nitrogens with one attached hydrogen (secondary N) is 2. The summed E-state index contributed by atoms with van der Waals surface area (Å²) >= 11 is 0. The second kappa shape index (κ2) is 9.25. The highest BCUT2D eigenvalue weighted by atomic mass is 16.5. The third-order valence-electron chi connectivity index (χ3n) is 3.44. The Labute approximate surface area is 142 Å². The minimum Gasteiger partial charge on any atom is -0.493 e. The Morgan fingerprint density at radius 1 is 1.04 bits per heavy atom. The van der Waals surface area contributed by atoms with E-state index >= 15 is 0 Å². The van der Waals surface area contributed by atoms with Gasteiger partial charge in [-0.1, -0.05) is 36.4 Å². The summed E-state index contributed by atoms with van der Waals surface area (Å²) in [6.07, 6.45) is 4.17. The Balaban J connectivity index is 1.75. The molecule has 0 unspecified atom stereocenters. The van der Waals surface area contributed by atoms with Crippen molar-refractivity contribution in [1.82, 2.24) is 10.6 Å². The van der Waals surface area contributed by atoms with Crippen LogP contribution in [0.3, 0.4) is 0 Å². The van der Waals surface area contributed by atoms with Crippen LogP contribution in [0.25, 0.3) is 6.08 Å². The number of benzene rings is 2. The molecule has 0 aliphatic carbocycles. The first kappa shape index (κ1) is 17.4. The standard InChI is InChI=1S/C19H22N2O3/c1-23-17-9-8-16(14-18(17)24-2)11-13-21-19(22)20-12-10-15-6-4-3-5-7-15/h3-10,12,14H,11,13H2,1-2H3,(H2,20,21,22)/b12-10+. The smallest absolute Gasteiger partial charge is 0.318 e. The zero-order valence-electron chi connectivity index (χ0n) is 13.9. The molecular weight excluding hydrogens is 304 g/mol. The SMILES string of the molecule is COc1ccc(CCNC(=O)N/C=C/c2ccccc2)cc1OC. The van der Waals surface area contributed by atoms with E-state index in [0.717, 1.165) is 11.1 Å². The van der Waals surface area contributed by atoms with Crippen LogP contribution in [-0.4, -0.2) is 26.8 Å². The van der Waals surface area contributed by atoms with Gasteiger partial charge in [0, 0.05) is 12.7 Å². The van der Waals surface area contributed by atoms with E-state index in [1.165, 1.54) is 0 Å². The number of rotatable bonds is 7. The molecule has 0 aliphatic rings. The van der Waals surface area contributed by atoms with E-state index in [1.54, 1.807) is 20.4 Å². The first-order chi connectivity index (χ1) is 11.7. The topological polar surface area (TPSA) is 59.6 Å². The fourth-order valence-corrected chi connectivity index (χ4v) is 2.19. The molecule has 2 rings (SSSR count). The summed E-state index contributed by atoms with van der Waals surface area (Å²) < 4.78 is 10.5. The molecule has 5 heteroatoms. The van der Waals surface area contributed by atoms with Crippen LogP contribution < -0.4 is 20.1 Å². The number of hydrogen-bond donors (Lipinski definition) is 2. The van der Waals surface area contributed by atoms with Crippen LogP contribution in [-0.2, 0) is 6.42 Å². The van der Waals surface area contributed by atoms with Crippen LogP contribution in [0, 0.1) is 0 Å². The van der Waals surface area contributed by atoms with Crippen LogP contribution in [0.2, 0.25) is 0 Å². The highest BCUT2D eigenvalue weighted by Crippen LogP contribution is 2.27. The van der Waals surface area contributed by atoms with E-state index in [0.29, 0.717) is 24.5 Å². The van der Waals surface area contributed by atoms with Crippen molar-refractivity contribution < 1.29 is 14.3 Å². The molecule has 0 bridgehead atoms. The maximum absolute atomic E-state index is 11.7. The molecule has 126 valence electrons. The number of urea groups is 1. The highest BCUT2D eigenvalue weighted by molar-refractivity contribution is 5.75. The molecule has 2 aromatic carbocycles. The zero-order valence-corrected chi connectivity index (χ0v) is 13.9. The summed E-state index contributed by atoms with van der Waals surface area (Å²) in [7, 11) is 3.21. The molecule has 0 heterocycles. The van der Waals surface area contributed by atoms with Gasteiger partial charge in [0.15, 0.2) is 11.5 Å². The number of ether oxygens (including phenoxy) is 2. The first-order valence-corrected chi connectivity index (χ1v) is 7.70. The summed E-state index contributed by atoms with van der Waals surface area (Å²) in [5, 5.41) is 5.49. The van der Waals surface area contributed by atoms with Gasteiger partial charge in [0.2, 0.25) is 0 Å². The van der Waals surface area contributed by atoms with Gasteiger partial charge in [-0.3, -0.25) is 0 Å². The van der Waals surface area contributed by atoms with E-state index in [1.807, 2.05) is 54.6 Å². The predicted octanol–water partition coefficient (Wildman–Crippen LogP) is 3.22. The maximum atomic E-state index is 11.7. The van der Waals surface area contributed by atoms with E-state index in [2.05, 4.69) is 10.6 Å². The van der Waals surface area contributed by atoms with Gasteiger partial charge in [-0.15, -0.1) is 0 Å². The molecule has 0 aromatic heterocycles. The lowest BCUT2D eigenvalue weighted by molar-refractivity contribution is 0.244. The van der Waals surface area contributed by atoms with Gasteiger partial charge in [0.25, 0.3) is 0 Å². The van der Waals surface area contributed by atoms with Gasteiger partial charge in [0.05, 0.1) is 14.2 Å². The van der Waals surface area contributed by atoms with Gasteiger partial charge < -0.3 is 20.1 Å². The van der Waals surface area contributed by atoms with Gasteiger partial charge >= 0.3 is 6.03 Å². The number of hydrogen-bond acceptors (Lipinski definition) is 3. The van der Waals surface area contributed by atoms with E-state index < -0.39 is 0 Å². The Kier molecular flexibility index (Phi) is 6.71. The van der Waals surface area contributed by atoms with Crippen molar-refractivity contribution in [2.45, 2.75) is 6.42 Å². The fraction of sp³-hybridized carbons (Fsp3) is 0.211. The van der Waals surface area contributed by atoms with Crippen LogP contribution in [0.15, 0.2) is 54.7 Å². The molecule has 24 heavy (non-hydrogen) atoms. The van der Waals surface area contributed by atoms with E-state index in [4.69, 9.17) is 9.47 Å². The number of methoxy groups -OCH3 is 2. The molecule has 5 nitrogen and oxygen atoms in total. The quantitative estimate of drug-likeness (QED) is 0.821. The lowest BCUT2D eigenvalue weighted by atomic mass is 10.1. The Morgan fingerprint density at radius 2 is 1.79 bits per heavy atom. The van der Waals surface area contributed by atoms with Crippen molar-refractivity contribution >= 4 is 12.1 Å². The Morgan fingerprint density at radius 3 is 2.50 bits per heavy atom. The summed E-state index contributed by atoms with van der Waals surface area (Å²) in [4.78, 5) is 11.7. The van der Waals surface area contributed by atoms with Crippen molar-refractivity contribution in [3.8, 4) is 11.5 Å². The van der Waals surface area contributed by atoms with Gasteiger partial charge in [-0.05, 0) is 35.8 Å². The van der Waals surface area contributed by atoms with E-state index in [9.17, 15) is 4.79 Å². The Bertz CT molecular complexity index is 684. The van der Waals surface area contributed by atoms with Crippen molar-refractivity contribution in [1.29, 1.82) is 0 Å². The zero-order chi connectivity index (χ0) is 17.2. The molecule has 2 N–H and O–H groups in total. The van der Waals surface area contributed by atoms with Crippen molar-refractivity contribution in [3.63, 3.8) is 0 Å². The van der Waals surface area contributed by atoms with Crippen LogP contribution in [0.4, 0.5) is 4.79 Å². The number of carbonyl (C=O) groups is 1. The molecule has 0 atom stereocenters. The minimum atomic E-state index is -0.234. The minimum absolute atomic E-state index is 0.234. The molecule has 0 aliphatic heterocycles. The van der Waals surface area contributed by atoms with Gasteiger partial charge in [-0.2, -0.15) is 0 Å². The predicted molar refractivity (Wildman–Crippen MR) is 95.3 cm³/mol.